The van der Waals surface area contributed by atoms with Crippen molar-refractivity contribution in [2.24, 2.45) is 17.6 Å². The van der Waals surface area contributed by atoms with Crippen molar-refractivity contribution in [1.82, 2.24) is 16.0 Å². The summed E-state index contributed by atoms with van der Waals surface area (Å²) in [6.45, 7) is 8.50. The molecular weight excluding hydrogens is 340 g/mol. The van der Waals surface area contributed by atoms with Crippen molar-refractivity contribution in [1.29, 1.82) is 0 Å². The van der Waals surface area contributed by atoms with Crippen LogP contribution < -0.4 is 21.7 Å². The summed E-state index contributed by atoms with van der Waals surface area (Å²) in [6.07, 6.45) is 1.13. The van der Waals surface area contributed by atoms with E-state index in [-0.39, 0.29) is 11.8 Å². The van der Waals surface area contributed by atoms with Crippen molar-refractivity contribution in [3.05, 3.63) is 0 Å². The number of carbonyl (C=O) groups excluding carboxylic acids is 3. The molecule has 0 saturated carbocycles. The van der Waals surface area contributed by atoms with Crippen molar-refractivity contribution in [2.45, 2.75) is 65.6 Å². The molecule has 0 aliphatic carbocycles. The second-order valence-corrected chi connectivity index (χ2v) is 6.95. The Bertz CT molecular complexity index is 509. The van der Waals surface area contributed by atoms with Crippen LogP contribution >= 0.6 is 0 Å². The number of nitrogens with one attached hydrogen (secondary N) is 3. The fraction of sp³-hybridized carbons (Fsp3) is 0.765. The second-order valence-electron chi connectivity index (χ2n) is 6.95. The molecule has 0 radical (unpaired) electrons. The first-order chi connectivity index (χ1) is 12.0. The molecule has 0 heterocycles. The Hall–Kier alpha value is -2.16. The number of carboxylic acid groups (broad SMARTS) is 1. The van der Waals surface area contributed by atoms with E-state index < -0.39 is 48.4 Å². The normalized spacial score (nSPS) is 15.5. The predicted molar refractivity (Wildman–Crippen MR) is 97.1 cm³/mol. The molecule has 0 aliphatic rings. The Morgan fingerprint density at radius 1 is 0.962 bits per heavy atom. The number of nitrogens with two attached hydrogens (primary N) is 1. The average Bonchev–Trinajstić information content (AvgIpc) is 2.55. The van der Waals surface area contributed by atoms with E-state index in [2.05, 4.69) is 16.0 Å². The number of carboxylic acids is 1. The van der Waals surface area contributed by atoms with Crippen molar-refractivity contribution in [3.8, 4) is 0 Å². The topological polar surface area (TPSA) is 151 Å². The van der Waals surface area contributed by atoms with Gasteiger partial charge in [-0.1, -0.05) is 34.1 Å². The fourth-order valence-electron chi connectivity index (χ4n) is 2.26. The maximum atomic E-state index is 12.5. The standard InChI is InChI=1S/C17H32N4O5/c1-6-10(4)14(21-16(25)12(18)7-9(2)3)17(26)20-11(5)15(24)19-8-13(22)23/h9-12,14H,6-8,18H2,1-5H3,(H,19,24)(H,20,26)(H,21,25)(H,22,23)/t10-,11-,12-,14-/m0/s1. The van der Waals surface area contributed by atoms with E-state index in [1.54, 1.807) is 0 Å². The minimum absolute atomic E-state index is 0.167. The molecule has 9 heteroatoms. The first kappa shape index (κ1) is 23.8. The zero-order valence-corrected chi connectivity index (χ0v) is 16.2. The Morgan fingerprint density at radius 3 is 2.00 bits per heavy atom. The third-order valence-electron chi connectivity index (χ3n) is 4.02. The van der Waals surface area contributed by atoms with Crippen LogP contribution in [0.2, 0.25) is 0 Å². The molecule has 9 nitrogen and oxygen atoms in total. The Labute approximate surface area is 154 Å². The highest BCUT2D eigenvalue weighted by atomic mass is 16.4. The third kappa shape index (κ3) is 8.80. The zero-order chi connectivity index (χ0) is 20.4. The van der Waals surface area contributed by atoms with Crippen LogP contribution in [0.3, 0.4) is 0 Å². The van der Waals surface area contributed by atoms with Gasteiger partial charge in [0, 0.05) is 0 Å². The molecule has 0 bridgehead atoms. The van der Waals surface area contributed by atoms with Crippen LogP contribution in [0.15, 0.2) is 0 Å². The van der Waals surface area contributed by atoms with E-state index >= 15 is 0 Å². The van der Waals surface area contributed by atoms with Gasteiger partial charge in [-0.3, -0.25) is 19.2 Å². The van der Waals surface area contributed by atoms with E-state index in [0.29, 0.717) is 12.8 Å². The molecular formula is C17H32N4O5. The van der Waals surface area contributed by atoms with Crippen molar-refractivity contribution in [2.75, 3.05) is 6.54 Å². The molecule has 0 rings (SSSR count). The highest BCUT2D eigenvalue weighted by Crippen LogP contribution is 2.10. The van der Waals surface area contributed by atoms with Crippen LogP contribution in [-0.4, -0.2) is 53.5 Å². The number of rotatable bonds is 11. The summed E-state index contributed by atoms with van der Waals surface area (Å²) in [5.74, 6) is -2.65. The summed E-state index contributed by atoms with van der Waals surface area (Å²) in [4.78, 5) is 47.0. The maximum absolute atomic E-state index is 12.5. The summed E-state index contributed by atoms with van der Waals surface area (Å²) in [5.41, 5.74) is 5.86. The molecule has 3 amide bonds. The maximum Gasteiger partial charge on any atom is 0.322 e. The number of carbonyl (C=O) groups is 4. The van der Waals surface area contributed by atoms with Gasteiger partial charge in [-0.25, -0.2) is 0 Å². The van der Waals surface area contributed by atoms with Gasteiger partial charge in [0.2, 0.25) is 17.7 Å². The molecule has 0 aliphatic heterocycles. The molecule has 0 aromatic rings. The van der Waals surface area contributed by atoms with Gasteiger partial charge in [0.1, 0.15) is 18.6 Å². The molecule has 0 saturated heterocycles. The van der Waals surface area contributed by atoms with Crippen molar-refractivity contribution < 1.29 is 24.3 Å². The van der Waals surface area contributed by atoms with Crippen LogP contribution in [0.1, 0.15) is 47.5 Å². The summed E-state index contributed by atoms with van der Waals surface area (Å²) in [5, 5.41) is 15.9. The molecule has 0 aromatic heterocycles. The summed E-state index contributed by atoms with van der Waals surface area (Å²) in [6, 6.07) is -2.49. The minimum Gasteiger partial charge on any atom is -0.480 e. The highest BCUT2D eigenvalue weighted by molar-refractivity contribution is 5.93. The first-order valence-electron chi connectivity index (χ1n) is 8.85. The van der Waals surface area contributed by atoms with Crippen LogP contribution in [0, 0.1) is 11.8 Å². The molecule has 6 N–H and O–H groups in total. The molecule has 0 unspecified atom stereocenters. The SMILES string of the molecule is CC[C@H](C)[C@H](NC(=O)[C@@H](N)CC(C)C)C(=O)N[C@@H](C)C(=O)NCC(=O)O. The van der Waals surface area contributed by atoms with Gasteiger partial charge < -0.3 is 26.8 Å². The lowest BCUT2D eigenvalue weighted by Gasteiger charge is -2.26. The van der Waals surface area contributed by atoms with Crippen molar-refractivity contribution in [3.63, 3.8) is 0 Å². The molecule has 0 spiro atoms. The number of aliphatic carboxylic acids is 1. The van der Waals surface area contributed by atoms with Crippen LogP contribution in [0.4, 0.5) is 0 Å². The monoisotopic (exact) mass is 372 g/mol. The van der Waals surface area contributed by atoms with E-state index in [4.69, 9.17) is 10.8 Å². The minimum atomic E-state index is -1.18. The Kier molecular flexibility index (Phi) is 10.5. The Morgan fingerprint density at radius 2 is 1.54 bits per heavy atom. The van der Waals surface area contributed by atoms with Crippen molar-refractivity contribution >= 4 is 23.7 Å². The van der Waals surface area contributed by atoms with Crippen LogP contribution in [-0.2, 0) is 19.2 Å². The number of hydrogen-bond acceptors (Lipinski definition) is 5. The van der Waals surface area contributed by atoms with E-state index in [1.165, 1.54) is 6.92 Å². The largest absolute Gasteiger partial charge is 0.480 e. The predicted octanol–water partition coefficient (Wildman–Crippen LogP) is -0.404. The molecule has 0 aromatic carbocycles. The molecule has 0 fully saturated rings. The average molecular weight is 372 g/mol. The van der Waals surface area contributed by atoms with Gasteiger partial charge in [-0.2, -0.15) is 0 Å². The smallest absolute Gasteiger partial charge is 0.322 e. The number of amides is 3. The fourth-order valence-corrected chi connectivity index (χ4v) is 2.26. The lowest BCUT2D eigenvalue weighted by molar-refractivity contribution is -0.138. The summed E-state index contributed by atoms with van der Waals surface area (Å²) < 4.78 is 0. The van der Waals surface area contributed by atoms with E-state index in [1.807, 2.05) is 27.7 Å². The van der Waals surface area contributed by atoms with Gasteiger partial charge in [-0.05, 0) is 25.2 Å². The van der Waals surface area contributed by atoms with Crippen LogP contribution in [0.25, 0.3) is 0 Å². The van der Waals surface area contributed by atoms with E-state index in [9.17, 15) is 19.2 Å². The summed E-state index contributed by atoms with van der Waals surface area (Å²) >= 11 is 0. The lowest BCUT2D eigenvalue weighted by atomic mass is 9.96. The van der Waals surface area contributed by atoms with Gasteiger partial charge in [0.15, 0.2) is 0 Å². The quantitative estimate of drug-likeness (QED) is 0.333. The Balaban J connectivity index is 4.91. The van der Waals surface area contributed by atoms with Gasteiger partial charge in [0.25, 0.3) is 0 Å². The zero-order valence-electron chi connectivity index (χ0n) is 16.2. The first-order valence-corrected chi connectivity index (χ1v) is 8.85. The second kappa shape index (κ2) is 11.5. The lowest BCUT2D eigenvalue weighted by Crippen LogP contribution is -2.57. The van der Waals surface area contributed by atoms with Gasteiger partial charge in [0.05, 0.1) is 6.04 Å². The van der Waals surface area contributed by atoms with Crippen LogP contribution in [0.5, 0.6) is 0 Å². The number of hydrogen-bond donors (Lipinski definition) is 5. The van der Waals surface area contributed by atoms with Gasteiger partial charge in [-0.15, -0.1) is 0 Å². The molecule has 150 valence electrons. The highest BCUT2D eigenvalue weighted by Gasteiger charge is 2.29. The van der Waals surface area contributed by atoms with Gasteiger partial charge >= 0.3 is 5.97 Å². The summed E-state index contributed by atoms with van der Waals surface area (Å²) in [7, 11) is 0. The molecule has 4 atom stereocenters. The third-order valence-corrected chi connectivity index (χ3v) is 4.02. The molecule has 26 heavy (non-hydrogen) atoms. The van der Waals surface area contributed by atoms with E-state index in [0.717, 1.165) is 0 Å².